The predicted molar refractivity (Wildman–Crippen MR) is 103 cm³/mol. The van der Waals surface area contributed by atoms with Gasteiger partial charge in [0.25, 0.3) is 0 Å². The Morgan fingerprint density at radius 3 is 2.46 bits per heavy atom. The molecule has 144 valence electrons. The summed E-state index contributed by atoms with van der Waals surface area (Å²) >= 11 is 0. The number of carbonyl (C=O) groups is 2. The highest BCUT2D eigenvalue weighted by atomic mass is 16.5. The number of hydrogen-bond donors (Lipinski definition) is 1. The zero-order valence-electron chi connectivity index (χ0n) is 16.3. The molecule has 5 heteroatoms. The molecule has 0 aliphatic carbocycles. The van der Waals surface area contributed by atoms with Crippen molar-refractivity contribution < 1.29 is 14.3 Å². The lowest BCUT2D eigenvalue weighted by Crippen LogP contribution is -2.45. The maximum Gasteiger partial charge on any atom is 0.225 e. The topological polar surface area (TPSA) is 58.6 Å². The highest BCUT2D eigenvalue weighted by Gasteiger charge is 2.29. The van der Waals surface area contributed by atoms with Gasteiger partial charge in [0.1, 0.15) is 5.75 Å². The maximum absolute atomic E-state index is 12.4. The molecule has 0 spiro atoms. The van der Waals surface area contributed by atoms with Crippen LogP contribution < -0.4 is 10.1 Å². The lowest BCUT2D eigenvalue weighted by Gasteiger charge is -2.33. The minimum absolute atomic E-state index is 0.0124. The number of para-hydroxylation sites is 1. The van der Waals surface area contributed by atoms with Gasteiger partial charge in [0, 0.05) is 31.5 Å². The van der Waals surface area contributed by atoms with Gasteiger partial charge >= 0.3 is 0 Å². The SMILES string of the molecule is CCC(CC)C(=O)N1CCC(C(=O)NCCc2ccccc2OC)CC1. The fourth-order valence-corrected chi connectivity index (χ4v) is 3.63. The van der Waals surface area contributed by atoms with Gasteiger partial charge in [-0.2, -0.15) is 0 Å². The van der Waals surface area contributed by atoms with E-state index in [4.69, 9.17) is 4.74 Å². The van der Waals surface area contributed by atoms with Crippen LogP contribution in [-0.4, -0.2) is 43.5 Å². The second-order valence-corrected chi connectivity index (χ2v) is 6.97. The summed E-state index contributed by atoms with van der Waals surface area (Å²) in [5.41, 5.74) is 1.10. The molecule has 1 aromatic rings. The highest BCUT2D eigenvalue weighted by molar-refractivity contribution is 5.81. The van der Waals surface area contributed by atoms with Crippen LogP contribution in [0.25, 0.3) is 0 Å². The first-order valence-electron chi connectivity index (χ1n) is 9.79. The van der Waals surface area contributed by atoms with Crippen molar-refractivity contribution in [3.63, 3.8) is 0 Å². The number of likely N-dealkylation sites (tertiary alicyclic amines) is 1. The van der Waals surface area contributed by atoms with Crippen LogP contribution >= 0.6 is 0 Å². The van der Waals surface area contributed by atoms with E-state index in [2.05, 4.69) is 19.2 Å². The van der Waals surface area contributed by atoms with Crippen molar-refractivity contribution in [3.05, 3.63) is 29.8 Å². The number of carbonyl (C=O) groups excluding carboxylic acids is 2. The first-order valence-corrected chi connectivity index (χ1v) is 9.79. The summed E-state index contributed by atoms with van der Waals surface area (Å²) < 4.78 is 5.34. The molecule has 1 aliphatic rings. The zero-order chi connectivity index (χ0) is 18.9. The van der Waals surface area contributed by atoms with Crippen molar-refractivity contribution in [1.29, 1.82) is 0 Å². The second-order valence-electron chi connectivity index (χ2n) is 6.97. The van der Waals surface area contributed by atoms with Crippen LogP contribution in [0.4, 0.5) is 0 Å². The molecule has 0 atom stereocenters. The average molecular weight is 360 g/mol. The van der Waals surface area contributed by atoms with Gasteiger partial charge < -0.3 is 15.0 Å². The molecule has 0 radical (unpaired) electrons. The first-order chi connectivity index (χ1) is 12.6. The van der Waals surface area contributed by atoms with Gasteiger partial charge in [-0.1, -0.05) is 32.0 Å². The van der Waals surface area contributed by atoms with Gasteiger partial charge in [0.2, 0.25) is 11.8 Å². The number of methoxy groups -OCH3 is 1. The number of ether oxygens (including phenoxy) is 1. The molecule has 0 unspecified atom stereocenters. The molecule has 1 heterocycles. The summed E-state index contributed by atoms with van der Waals surface area (Å²) in [5, 5.41) is 3.04. The molecule has 0 saturated carbocycles. The maximum atomic E-state index is 12.4. The van der Waals surface area contributed by atoms with Crippen LogP contribution in [-0.2, 0) is 16.0 Å². The summed E-state index contributed by atoms with van der Waals surface area (Å²) in [4.78, 5) is 26.8. The third kappa shape index (κ3) is 5.23. The van der Waals surface area contributed by atoms with E-state index in [0.29, 0.717) is 19.6 Å². The Balaban J connectivity index is 1.75. The number of amides is 2. The molecule has 2 amide bonds. The fraction of sp³-hybridized carbons (Fsp3) is 0.619. The Bertz CT molecular complexity index is 591. The van der Waals surface area contributed by atoms with Crippen LogP contribution in [0.5, 0.6) is 5.75 Å². The number of benzene rings is 1. The second kappa shape index (κ2) is 10.2. The van der Waals surface area contributed by atoms with Gasteiger partial charge in [0.05, 0.1) is 7.11 Å². The Labute approximate surface area is 157 Å². The lowest BCUT2D eigenvalue weighted by atomic mass is 9.93. The first kappa shape index (κ1) is 20.3. The molecule has 1 aromatic carbocycles. The normalized spacial score (nSPS) is 15.2. The van der Waals surface area contributed by atoms with Crippen LogP contribution in [0, 0.1) is 11.8 Å². The van der Waals surface area contributed by atoms with Gasteiger partial charge in [-0.15, -0.1) is 0 Å². The third-order valence-corrected chi connectivity index (χ3v) is 5.40. The summed E-state index contributed by atoms with van der Waals surface area (Å²) in [7, 11) is 1.66. The van der Waals surface area contributed by atoms with Crippen LogP contribution in [0.1, 0.15) is 45.1 Å². The van der Waals surface area contributed by atoms with E-state index in [-0.39, 0.29) is 23.7 Å². The van der Waals surface area contributed by atoms with Crippen molar-refractivity contribution in [2.24, 2.45) is 11.8 Å². The van der Waals surface area contributed by atoms with Crippen LogP contribution in [0.2, 0.25) is 0 Å². The van der Waals surface area contributed by atoms with E-state index in [0.717, 1.165) is 43.4 Å². The fourth-order valence-electron chi connectivity index (χ4n) is 3.63. The summed E-state index contributed by atoms with van der Waals surface area (Å²) in [5.74, 6) is 1.36. The molecule has 1 aliphatic heterocycles. The molecule has 5 nitrogen and oxygen atoms in total. The molecular formula is C21H32N2O3. The molecule has 1 fully saturated rings. The number of nitrogens with zero attached hydrogens (tertiary/aromatic N) is 1. The highest BCUT2D eigenvalue weighted by Crippen LogP contribution is 2.21. The molecule has 0 aromatic heterocycles. The summed E-state index contributed by atoms with van der Waals surface area (Å²) in [6.45, 7) is 6.12. The Hall–Kier alpha value is -2.04. The monoisotopic (exact) mass is 360 g/mol. The van der Waals surface area contributed by atoms with E-state index in [1.807, 2.05) is 29.2 Å². The van der Waals surface area contributed by atoms with Gasteiger partial charge in [0.15, 0.2) is 0 Å². The molecular weight excluding hydrogens is 328 g/mol. The molecule has 26 heavy (non-hydrogen) atoms. The van der Waals surface area contributed by atoms with Crippen molar-refractivity contribution in [3.8, 4) is 5.75 Å². The van der Waals surface area contributed by atoms with Crippen molar-refractivity contribution in [1.82, 2.24) is 10.2 Å². The van der Waals surface area contributed by atoms with Crippen molar-refractivity contribution in [2.75, 3.05) is 26.7 Å². The van der Waals surface area contributed by atoms with Gasteiger partial charge in [-0.05, 0) is 43.7 Å². The summed E-state index contributed by atoms with van der Waals surface area (Å²) in [6.07, 6.45) is 4.04. The lowest BCUT2D eigenvalue weighted by molar-refractivity contribution is -0.139. The number of piperidine rings is 1. The van der Waals surface area contributed by atoms with E-state index in [1.54, 1.807) is 7.11 Å². The minimum Gasteiger partial charge on any atom is -0.496 e. The van der Waals surface area contributed by atoms with E-state index in [1.165, 1.54) is 0 Å². The molecule has 2 rings (SSSR count). The average Bonchev–Trinajstić information content (AvgIpc) is 2.69. The number of hydrogen-bond acceptors (Lipinski definition) is 3. The van der Waals surface area contributed by atoms with Crippen LogP contribution in [0.15, 0.2) is 24.3 Å². The van der Waals surface area contributed by atoms with Crippen molar-refractivity contribution >= 4 is 11.8 Å². The molecule has 1 saturated heterocycles. The largest absolute Gasteiger partial charge is 0.496 e. The van der Waals surface area contributed by atoms with Gasteiger partial charge in [-0.3, -0.25) is 9.59 Å². The minimum atomic E-state index is 0.0124. The van der Waals surface area contributed by atoms with E-state index >= 15 is 0 Å². The van der Waals surface area contributed by atoms with E-state index in [9.17, 15) is 9.59 Å². The Morgan fingerprint density at radius 2 is 1.85 bits per heavy atom. The molecule has 1 N–H and O–H groups in total. The number of nitrogens with one attached hydrogen (secondary N) is 1. The number of rotatable bonds is 8. The Morgan fingerprint density at radius 1 is 1.19 bits per heavy atom. The quantitative estimate of drug-likeness (QED) is 0.775. The van der Waals surface area contributed by atoms with Crippen molar-refractivity contribution in [2.45, 2.75) is 46.0 Å². The van der Waals surface area contributed by atoms with Crippen LogP contribution in [0.3, 0.4) is 0 Å². The zero-order valence-corrected chi connectivity index (χ0v) is 16.3. The summed E-state index contributed by atoms with van der Waals surface area (Å²) in [6, 6.07) is 7.88. The third-order valence-electron chi connectivity index (χ3n) is 5.40. The molecule has 0 bridgehead atoms. The standard InChI is InChI=1S/C21H32N2O3/c1-4-16(5-2)21(25)23-14-11-18(12-15-23)20(24)22-13-10-17-8-6-7-9-19(17)26-3/h6-9,16,18H,4-5,10-15H2,1-3H3,(H,22,24). The van der Waals surface area contributed by atoms with Gasteiger partial charge in [-0.25, -0.2) is 0 Å². The van der Waals surface area contributed by atoms with E-state index < -0.39 is 0 Å². The Kier molecular flexibility index (Phi) is 7.95. The smallest absolute Gasteiger partial charge is 0.225 e. The predicted octanol–water partition coefficient (Wildman–Crippen LogP) is 3.03.